The number of phenols is 2. The largest absolute Gasteiger partial charge is 0.504 e. The minimum absolute atomic E-state index is 0.0109. The number of benzene rings is 1. The van der Waals surface area contributed by atoms with E-state index in [1.807, 2.05) is 11.8 Å². The molecule has 2 amide bonds. The van der Waals surface area contributed by atoms with Crippen LogP contribution >= 0.6 is 11.6 Å². The second kappa shape index (κ2) is 7.95. The van der Waals surface area contributed by atoms with Gasteiger partial charge in [-0.2, -0.15) is 0 Å². The molecule has 10 nitrogen and oxygen atoms in total. The average Bonchev–Trinajstić information content (AvgIpc) is 2.92. The Morgan fingerprint density at radius 3 is 2.53 bits per heavy atom. The van der Waals surface area contributed by atoms with Gasteiger partial charge in [0.25, 0.3) is 5.91 Å². The first-order valence-electron chi connectivity index (χ1n) is 10.2. The van der Waals surface area contributed by atoms with Crippen LogP contribution in [0.15, 0.2) is 23.4 Å². The summed E-state index contributed by atoms with van der Waals surface area (Å²) in [7, 11) is 0. The third kappa shape index (κ3) is 3.39. The SMILES string of the molecule is C[C@@H](O)[C@H]1C(=O)N2C(C(=O)O)=C(CN3CC(NC(=O)c4ccc(O)c(O)c4Cl)C3)[C@H](C)[C@H]12. The van der Waals surface area contributed by atoms with Gasteiger partial charge in [0.15, 0.2) is 11.5 Å². The lowest BCUT2D eigenvalue weighted by molar-refractivity contribution is -0.163. The summed E-state index contributed by atoms with van der Waals surface area (Å²) in [4.78, 5) is 40.0. The molecule has 4 rings (SSSR count). The van der Waals surface area contributed by atoms with E-state index in [-0.39, 0.29) is 40.2 Å². The van der Waals surface area contributed by atoms with Gasteiger partial charge in [-0.15, -0.1) is 0 Å². The first-order valence-corrected chi connectivity index (χ1v) is 10.6. The summed E-state index contributed by atoms with van der Waals surface area (Å²) in [5.74, 6) is -3.82. The summed E-state index contributed by atoms with van der Waals surface area (Å²) >= 11 is 5.93. The van der Waals surface area contributed by atoms with Crippen molar-refractivity contribution in [3.63, 3.8) is 0 Å². The third-order valence-electron chi connectivity index (χ3n) is 6.54. The van der Waals surface area contributed by atoms with E-state index in [0.717, 1.165) is 0 Å². The highest BCUT2D eigenvalue weighted by atomic mass is 35.5. The molecule has 11 heteroatoms. The minimum Gasteiger partial charge on any atom is -0.504 e. The lowest BCUT2D eigenvalue weighted by Crippen LogP contribution is -2.63. The highest BCUT2D eigenvalue weighted by Crippen LogP contribution is 2.47. The number of amides is 2. The Morgan fingerprint density at radius 2 is 1.94 bits per heavy atom. The Hall–Kier alpha value is -2.82. The molecule has 0 spiro atoms. The van der Waals surface area contributed by atoms with E-state index >= 15 is 0 Å². The van der Waals surface area contributed by atoms with E-state index in [9.17, 15) is 34.8 Å². The van der Waals surface area contributed by atoms with E-state index < -0.39 is 35.4 Å². The standard InChI is InChI=1S/C21H24ClN3O7/c1-8-12(17(21(31)32)25-16(8)14(9(2)26)20(25)30)7-24-5-10(6-24)23-19(29)11-3-4-13(27)18(28)15(11)22/h3-4,8-10,14,16,26-28H,5-7H2,1-2H3,(H,23,29)(H,31,32)/t8-,9+,14+,16+/m0/s1. The highest BCUT2D eigenvalue weighted by Gasteiger charge is 2.59. The molecule has 0 unspecified atom stereocenters. The van der Waals surface area contributed by atoms with Crippen molar-refractivity contribution in [2.24, 2.45) is 11.8 Å². The zero-order chi connectivity index (χ0) is 23.5. The van der Waals surface area contributed by atoms with E-state index in [1.165, 1.54) is 24.0 Å². The molecular weight excluding hydrogens is 442 g/mol. The van der Waals surface area contributed by atoms with Gasteiger partial charge in [0, 0.05) is 25.6 Å². The summed E-state index contributed by atoms with van der Waals surface area (Å²) in [6, 6.07) is 1.93. The van der Waals surface area contributed by atoms with Crippen LogP contribution < -0.4 is 5.32 Å². The number of aromatic hydroxyl groups is 2. The van der Waals surface area contributed by atoms with Crippen molar-refractivity contribution in [1.82, 2.24) is 15.1 Å². The van der Waals surface area contributed by atoms with Crippen molar-refractivity contribution in [3.8, 4) is 11.5 Å². The Balaban J connectivity index is 1.40. The van der Waals surface area contributed by atoms with Crippen LogP contribution in [0.25, 0.3) is 0 Å². The summed E-state index contributed by atoms with van der Waals surface area (Å²) in [5.41, 5.74) is 0.659. The molecular formula is C21H24ClN3O7. The molecule has 3 aliphatic heterocycles. The first kappa shape index (κ1) is 22.4. The molecule has 2 saturated heterocycles. The van der Waals surface area contributed by atoms with Crippen molar-refractivity contribution >= 4 is 29.4 Å². The number of aliphatic hydroxyl groups is 1. The number of fused-ring (bicyclic) bond motifs is 1. The number of phenolic OH excluding ortho intramolecular Hbond substituents is 2. The summed E-state index contributed by atoms with van der Waals surface area (Å²) in [6.45, 7) is 4.67. The van der Waals surface area contributed by atoms with Crippen LogP contribution in [0.2, 0.25) is 5.02 Å². The molecule has 2 fully saturated rings. The van der Waals surface area contributed by atoms with E-state index in [2.05, 4.69) is 5.32 Å². The zero-order valence-electron chi connectivity index (χ0n) is 17.4. The number of carbonyl (C=O) groups excluding carboxylic acids is 2. The predicted octanol–water partition coefficient (Wildman–Crippen LogP) is 0.361. The van der Waals surface area contributed by atoms with Crippen LogP contribution in [0.1, 0.15) is 24.2 Å². The number of rotatable bonds is 6. The van der Waals surface area contributed by atoms with Crippen LogP contribution in [0.5, 0.6) is 11.5 Å². The maximum absolute atomic E-state index is 12.4. The van der Waals surface area contributed by atoms with Gasteiger partial charge in [0.2, 0.25) is 5.91 Å². The van der Waals surface area contributed by atoms with Gasteiger partial charge in [-0.05, 0) is 24.6 Å². The number of hydrogen-bond acceptors (Lipinski definition) is 7. The molecule has 0 bridgehead atoms. The Labute approximate surface area is 188 Å². The lowest BCUT2D eigenvalue weighted by atomic mass is 9.77. The number of likely N-dealkylation sites (tertiary alicyclic amines) is 1. The maximum Gasteiger partial charge on any atom is 0.352 e. The number of β-lactam (4-membered cyclic amide) rings is 1. The predicted molar refractivity (Wildman–Crippen MR) is 112 cm³/mol. The number of hydrogen-bond donors (Lipinski definition) is 5. The summed E-state index contributed by atoms with van der Waals surface area (Å²) in [5, 5.41) is 41.3. The fourth-order valence-electron chi connectivity index (χ4n) is 4.88. The maximum atomic E-state index is 12.4. The van der Waals surface area contributed by atoms with Crippen molar-refractivity contribution in [2.75, 3.05) is 19.6 Å². The molecule has 3 heterocycles. The summed E-state index contributed by atoms with van der Waals surface area (Å²) < 4.78 is 0. The smallest absolute Gasteiger partial charge is 0.352 e. The molecule has 3 aliphatic rings. The lowest BCUT2D eigenvalue weighted by Gasteiger charge is -2.46. The molecule has 4 atom stereocenters. The molecule has 0 saturated carbocycles. The molecule has 1 aromatic carbocycles. The van der Waals surface area contributed by atoms with E-state index in [4.69, 9.17) is 11.6 Å². The number of carboxylic acid groups (broad SMARTS) is 1. The van der Waals surface area contributed by atoms with Crippen LogP contribution in [0.4, 0.5) is 0 Å². The van der Waals surface area contributed by atoms with Gasteiger partial charge in [0.1, 0.15) is 5.70 Å². The fourth-order valence-corrected chi connectivity index (χ4v) is 5.12. The normalized spacial score (nSPS) is 26.4. The number of carboxylic acids is 1. The van der Waals surface area contributed by atoms with Gasteiger partial charge in [-0.3, -0.25) is 14.5 Å². The van der Waals surface area contributed by atoms with Gasteiger partial charge in [0.05, 0.1) is 34.7 Å². The van der Waals surface area contributed by atoms with Crippen LogP contribution in [-0.2, 0) is 9.59 Å². The second-order valence-corrected chi connectivity index (χ2v) is 8.97. The quantitative estimate of drug-likeness (QED) is 0.298. The van der Waals surface area contributed by atoms with Crippen molar-refractivity contribution in [2.45, 2.75) is 32.0 Å². The number of aliphatic carboxylic acids is 1. The van der Waals surface area contributed by atoms with Gasteiger partial charge >= 0.3 is 5.97 Å². The molecule has 0 aliphatic carbocycles. The van der Waals surface area contributed by atoms with Crippen LogP contribution in [-0.4, -0.2) is 85.8 Å². The van der Waals surface area contributed by atoms with Crippen LogP contribution in [0, 0.1) is 11.8 Å². The number of nitrogens with one attached hydrogen (secondary N) is 1. The number of halogens is 1. The Kier molecular flexibility index (Phi) is 5.56. The minimum atomic E-state index is -1.17. The third-order valence-corrected chi connectivity index (χ3v) is 6.93. The Morgan fingerprint density at radius 1 is 1.28 bits per heavy atom. The first-order chi connectivity index (χ1) is 15.0. The molecule has 0 aromatic heterocycles. The fraction of sp³-hybridized carbons (Fsp3) is 0.476. The van der Waals surface area contributed by atoms with E-state index in [0.29, 0.717) is 25.2 Å². The van der Waals surface area contributed by atoms with Gasteiger partial charge in [-0.1, -0.05) is 18.5 Å². The van der Waals surface area contributed by atoms with Crippen molar-refractivity contribution < 1.29 is 34.8 Å². The number of aliphatic hydroxyl groups excluding tert-OH is 1. The van der Waals surface area contributed by atoms with Gasteiger partial charge in [-0.25, -0.2) is 4.79 Å². The topological polar surface area (TPSA) is 151 Å². The highest BCUT2D eigenvalue weighted by molar-refractivity contribution is 6.35. The monoisotopic (exact) mass is 465 g/mol. The molecule has 5 N–H and O–H groups in total. The van der Waals surface area contributed by atoms with E-state index in [1.54, 1.807) is 0 Å². The van der Waals surface area contributed by atoms with Crippen molar-refractivity contribution in [1.29, 1.82) is 0 Å². The molecule has 0 radical (unpaired) electrons. The molecule has 1 aromatic rings. The summed E-state index contributed by atoms with van der Waals surface area (Å²) in [6.07, 6.45) is -0.852. The molecule has 32 heavy (non-hydrogen) atoms. The van der Waals surface area contributed by atoms with Crippen molar-refractivity contribution in [3.05, 3.63) is 34.0 Å². The number of nitrogens with zero attached hydrogens (tertiary/aromatic N) is 2. The zero-order valence-corrected chi connectivity index (χ0v) is 18.2. The average molecular weight is 466 g/mol. The van der Waals surface area contributed by atoms with Gasteiger partial charge < -0.3 is 30.6 Å². The second-order valence-electron chi connectivity index (χ2n) is 8.59. The van der Waals surface area contributed by atoms with Crippen LogP contribution in [0.3, 0.4) is 0 Å². The Bertz CT molecular complexity index is 1030. The molecule has 172 valence electrons. The number of carbonyl (C=O) groups is 3.